The van der Waals surface area contributed by atoms with E-state index in [4.69, 9.17) is 33.2 Å². The summed E-state index contributed by atoms with van der Waals surface area (Å²) in [6, 6.07) is 23.1. The van der Waals surface area contributed by atoms with Crippen molar-refractivity contribution >= 4 is 23.8 Å². The maximum absolute atomic E-state index is 13.6. The molecular weight excluding hydrogens is 666 g/mol. The van der Waals surface area contributed by atoms with Gasteiger partial charge in [-0.1, -0.05) is 60.7 Å². The second-order valence-corrected chi connectivity index (χ2v) is 11.6. The number of nitro benzene ring substituents is 1. The number of rotatable bonds is 16. The summed E-state index contributed by atoms with van der Waals surface area (Å²) in [6.07, 6.45) is -4.09. The second-order valence-electron chi connectivity index (χ2n) is 11.6. The van der Waals surface area contributed by atoms with E-state index >= 15 is 0 Å². The largest absolute Gasteiger partial charge is 0.508 e. The summed E-state index contributed by atoms with van der Waals surface area (Å²) in [6.45, 7) is 3.33. The van der Waals surface area contributed by atoms with Gasteiger partial charge in [-0.3, -0.25) is 14.9 Å². The first-order chi connectivity index (χ1) is 24.5. The molecule has 51 heavy (non-hydrogen) atoms. The molecule has 0 spiro atoms. The highest BCUT2D eigenvalue weighted by Gasteiger charge is 2.53. The number of methoxy groups -OCH3 is 1. The molecule has 0 aliphatic carbocycles. The highest BCUT2D eigenvalue weighted by molar-refractivity contribution is 5.90. The minimum Gasteiger partial charge on any atom is -0.469 e. The Hall–Kier alpha value is -5.15. The highest BCUT2D eigenvalue weighted by Crippen LogP contribution is 2.36. The van der Waals surface area contributed by atoms with Crippen LogP contribution in [0.5, 0.6) is 0 Å². The zero-order chi connectivity index (χ0) is 36.8. The number of benzene rings is 3. The smallest absolute Gasteiger partial charge is 0.469 e. The standard InChI is InChI=1S/C37H41NO13/c1-4-46-36(41)49-25(2)19-20-37(42,51-35(40)28-15-17-29(18-16-28)38(43)44)34-33(48-24-27-13-9-6-10-14-27)31(21-30(50-34)22-32(39)45-3)47-23-26-11-7-5-8-12-26/h5-20,25,30-31,33-34,42H,4,21-24H2,1-3H3/t25-,30+,31+,33-,34-,37-/m1/s1. The van der Waals surface area contributed by atoms with Crippen LogP contribution < -0.4 is 0 Å². The van der Waals surface area contributed by atoms with Gasteiger partial charge in [-0.15, -0.1) is 0 Å². The molecule has 4 rings (SSSR count). The Kier molecular flexibility index (Phi) is 14.2. The number of hydrogen-bond acceptors (Lipinski definition) is 13. The zero-order valence-electron chi connectivity index (χ0n) is 28.5. The van der Waals surface area contributed by atoms with E-state index < -0.39 is 59.3 Å². The van der Waals surface area contributed by atoms with E-state index in [9.17, 15) is 29.6 Å². The van der Waals surface area contributed by atoms with Gasteiger partial charge in [0.1, 0.15) is 12.2 Å². The molecule has 0 radical (unpaired) electrons. The first kappa shape index (κ1) is 38.6. The third-order valence-corrected chi connectivity index (χ3v) is 7.84. The Labute approximate surface area is 295 Å². The van der Waals surface area contributed by atoms with E-state index in [-0.39, 0.29) is 43.9 Å². The van der Waals surface area contributed by atoms with Crippen LogP contribution in [0.1, 0.15) is 48.2 Å². The molecule has 1 fully saturated rings. The van der Waals surface area contributed by atoms with Crippen molar-refractivity contribution in [2.45, 2.75) is 76.2 Å². The first-order valence-corrected chi connectivity index (χ1v) is 16.3. The van der Waals surface area contributed by atoms with Crippen LogP contribution in [0.25, 0.3) is 0 Å². The molecule has 3 aromatic carbocycles. The minimum atomic E-state index is -2.66. The summed E-state index contributed by atoms with van der Waals surface area (Å²) in [5.41, 5.74) is 1.24. The van der Waals surface area contributed by atoms with Gasteiger partial charge in [0.15, 0.2) is 6.10 Å². The molecule has 1 heterocycles. The number of non-ortho nitro benzene ring substituents is 1. The lowest BCUT2D eigenvalue weighted by Crippen LogP contribution is -2.61. The van der Waals surface area contributed by atoms with Gasteiger partial charge in [0.2, 0.25) is 0 Å². The Morgan fingerprint density at radius 1 is 0.980 bits per heavy atom. The molecule has 1 aliphatic heterocycles. The molecule has 14 nitrogen and oxygen atoms in total. The lowest BCUT2D eigenvalue weighted by molar-refractivity contribution is -0.384. The van der Waals surface area contributed by atoms with E-state index in [2.05, 4.69) is 0 Å². The monoisotopic (exact) mass is 707 g/mol. The van der Waals surface area contributed by atoms with Crippen molar-refractivity contribution in [3.63, 3.8) is 0 Å². The molecule has 0 amide bonds. The van der Waals surface area contributed by atoms with Gasteiger partial charge in [-0.05, 0) is 49.3 Å². The number of ether oxygens (including phenoxy) is 7. The third-order valence-electron chi connectivity index (χ3n) is 7.84. The van der Waals surface area contributed by atoms with Crippen LogP contribution in [0.4, 0.5) is 10.5 Å². The van der Waals surface area contributed by atoms with Gasteiger partial charge < -0.3 is 38.3 Å². The first-order valence-electron chi connectivity index (χ1n) is 16.3. The van der Waals surface area contributed by atoms with E-state index in [1.54, 1.807) is 6.92 Å². The summed E-state index contributed by atoms with van der Waals surface area (Å²) in [4.78, 5) is 48.7. The molecule has 14 heteroatoms. The fourth-order valence-corrected chi connectivity index (χ4v) is 5.29. The lowest BCUT2D eigenvalue weighted by atomic mass is 9.90. The summed E-state index contributed by atoms with van der Waals surface area (Å²) >= 11 is 0. The number of esters is 2. The van der Waals surface area contributed by atoms with E-state index in [0.717, 1.165) is 29.3 Å². The average Bonchev–Trinajstić information content (AvgIpc) is 3.13. The van der Waals surface area contributed by atoms with Crippen LogP contribution in [-0.2, 0) is 51.2 Å². The zero-order valence-corrected chi connectivity index (χ0v) is 28.5. The van der Waals surface area contributed by atoms with Crippen molar-refractivity contribution in [2.75, 3.05) is 13.7 Å². The Balaban J connectivity index is 1.76. The van der Waals surface area contributed by atoms with Gasteiger partial charge in [0.25, 0.3) is 11.5 Å². The number of carbonyl (C=O) groups excluding carboxylic acids is 3. The van der Waals surface area contributed by atoms with Gasteiger partial charge in [-0.2, -0.15) is 0 Å². The fourth-order valence-electron chi connectivity index (χ4n) is 5.29. The van der Waals surface area contributed by atoms with E-state index in [0.29, 0.717) is 0 Å². The lowest BCUT2D eigenvalue weighted by Gasteiger charge is -2.46. The van der Waals surface area contributed by atoms with Gasteiger partial charge in [0.05, 0.1) is 56.0 Å². The van der Waals surface area contributed by atoms with Gasteiger partial charge in [0, 0.05) is 18.6 Å². The predicted octanol–water partition coefficient (Wildman–Crippen LogP) is 5.45. The topological polar surface area (TPSA) is 179 Å². The molecular formula is C37H41NO13. The molecule has 6 atom stereocenters. The van der Waals surface area contributed by atoms with Crippen LogP contribution in [0, 0.1) is 10.1 Å². The maximum Gasteiger partial charge on any atom is 0.508 e. The number of carbonyl (C=O) groups is 3. The molecule has 3 aromatic rings. The number of nitro groups is 1. The van der Waals surface area contributed by atoms with Crippen molar-refractivity contribution in [2.24, 2.45) is 0 Å². The fraction of sp³-hybridized carbons (Fsp3) is 0.378. The molecule has 1 N–H and O–H groups in total. The molecule has 1 saturated heterocycles. The van der Waals surface area contributed by atoms with Crippen LogP contribution in [-0.4, -0.2) is 78.1 Å². The summed E-state index contributed by atoms with van der Waals surface area (Å²) in [7, 11) is 1.23. The second kappa shape index (κ2) is 18.7. The SMILES string of the molecule is CCOC(=O)O[C@H](C)C=C[C@@](O)(OC(=O)c1ccc([N+](=O)[O-])cc1)[C@@H]1O[C@H](CC(=O)OC)C[C@H](OCc2ccccc2)[C@H]1OCc1ccccc1. The third kappa shape index (κ3) is 11.4. The van der Waals surface area contributed by atoms with Crippen molar-refractivity contribution in [3.05, 3.63) is 124 Å². The van der Waals surface area contributed by atoms with Crippen LogP contribution >= 0.6 is 0 Å². The summed E-state index contributed by atoms with van der Waals surface area (Å²) in [5, 5.41) is 23.6. The quantitative estimate of drug-likeness (QED) is 0.0497. The van der Waals surface area contributed by atoms with Crippen molar-refractivity contribution in [1.82, 2.24) is 0 Å². The van der Waals surface area contributed by atoms with Gasteiger partial charge in [-0.25, -0.2) is 9.59 Å². The maximum atomic E-state index is 13.6. The Morgan fingerprint density at radius 3 is 2.16 bits per heavy atom. The molecule has 0 bridgehead atoms. The number of nitrogens with zero attached hydrogens (tertiary/aromatic N) is 1. The highest BCUT2D eigenvalue weighted by atomic mass is 16.7. The van der Waals surface area contributed by atoms with Crippen LogP contribution in [0.3, 0.4) is 0 Å². The minimum absolute atomic E-state index is 0.0384. The summed E-state index contributed by atoms with van der Waals surface area (Å²) in [5.74, 6) is -4.32. The molecule has 1 aliphatic rings. The van der Waals surface area contributed by atoms with Crippen molar-refractivity contribution in [1.29, 1.82) is 0 Å². The Bertz CT molecular complexity index is 1620. The molecule has 0 aromatic heterocycles. The molecule has 272 valence electrons. The van der Waals surface area contributed by atoms with E-state index in [1.807, 2.05) is 60.7 Å². The summed E-state index contributed by atoms with van der Waals surface area (Å²) < 4.78 is 39.8. The van der Waals surface area contributed by atoms with Crippen molar-refractivity contribution < 1.29 is 57.6 Å². The van der Waals surface area contributed by atoms with Crippen LogP contribution in [0.15, 0.2) is 97.1 Å². The number of hydrogen-bond donors (Lipinski definition) is 1. The van der Waals surface area contributed by atoms with Crippen LogP contribution in [0.2, 0.25) is 0 Å². The van der Waals surface area contributed by atoms with E-state index in [1.165, 1.54) is 32.2 Å². The number of aliphatic hydroxyl groups is 1. The predicted molar refractivity (Wildman–Crippen MR) is 180 cm³/mol. The normalized spacial score (nSPS) is 20.5. The average molecular weight is 708 g/mol. The molecule has 0 unspecified atom stereocenters. The van der Waals surface area contributed by atoms with Gasteiger partial charge >= 0.3 is 18.1 Å². The van der Waals surface area contributed by atoms with Crippen molar-refractivity contribution in [3.8, 4) is 0 Å². The molecule has 0 saturated carbocycles. The Morgan fingerprint density at radius 2 is 1.59 bits per heavy atom.